The maximum Gasteiger partial charge on any atom is 0.417 e. The normalized spacial score (nSPS) is 11.5. The van der Waals surface area contributed by atoms with Crippen LogP contribution in [0, 0.1) is 5.82 Å². The maximum atomic E-state index is 13.1. The number of hydrogen-bond acceptors (Lipinski definition) is 1. The van der Waals surface area contributed by atoms with Crippen LogP contribution in [0.4, 0.5) is 17.6 Å². The number of carbonyl (C=O) groups excluding carboxylic acids is 1. The van der Waals surface area contributed by atoms with Gasteiger partial charge < -0.3 is 0 Å². The number of aldehydes is 1. The van der Waals surface area contributed by atoms with E-state index in [4.69, 9.17) is 0 Å². The average Bonchev–Trinajstić information content (AvgIpc) is 2.15. The summed E-state index contributed by atoms with van der Waals surface area (Å²) < 4.78 is 50.3. The van der Waals surface area contributed by atoms with E-state index in [1.165, 1.54) is 0 Å². The lowest BCUT2D eigenvalue weighted by atomic mass is 10.0. The molecule has 0 unspecified atom stereocenters. The number of carbonyl (C=O) groups is 1. The molecule has 1 aromatic rings. The molecule has 0 heterocycles. The molecule has 1 rings (SSSR count). The fourth-order valence-corrected chi connectivity index (χ4v) is 1.23. The molecule has 0 saturated carbocycles. The van der Waals surface area contributed by atoms with Gasteiger partial charge in [-0.05, 0) is 24.1 Å². The Labute approximate surface area is 83.7 Å². The zero-order valence-corrected chi connectivity index (χ0v) is 7.86. The first-order valence-corrected chi connectivity index (χ1v) is 4.25. The van der Waals surface area contributed by atoms with Gasteiger partial charge in [-0.1, -0.05) is 6.92 Å². The van der Waals surface area contributed by atoms with Crippen LogP contribution in [0.15, 0.2) is 12.1 Å². The van der Waals surface area contributed by atoms with Crippen LogP contribution in [-0.2, 0) is 12.6 Å². The largest absolute Gasteiger partial charge is 0.417 e. The van der Waals surface area contributed by atoms with Gasteiger partial charge in [0.15, 0.2) is 6.29 Å². The second-order valence-electron chi connectivity index (χ2n) is 3.01. The Hall–Kier alpha value is -1.39. The quantitative estimate of drug-likeness (QED) is 0.552. The Morgan fingerprint density at radius 1 is 1.33 bits per heavy atom. The number of halogens is 4. The fraction of sp³-hybridized carbons (Fsp3) is 0.300. The summed E-state index contributed by atoms with van der Waals surface area (Å²) in [5.74, 6) is -1.13. The van der Waals surface area contributed by atoms with Crippen molar-refractivity contribution in [1.29, 1.82) is 0 Å². The van der Waals surface area contributed by atoms with Crippen LogP contribution in [-0.4, -0.2) is 6.29 Å². The van der Waals surface area contributed by atoms with Crippen LogP contribution in [0.5, 0.6) is 0 Å². The minimum Gasteiger partial charge on any atom is -0.298 e. The number of benzene rings is 1. The first kappa shape index (κ1) is 11.7. The van der Waals surface area contributed by atoms with E-state index in [-0.39, 0.29) is 18.3 Å². The van der Waals surface area contributed by atoms with Gasteiger partial charge in [-0.25, -0.2) is 4.39 Å². The monoisotopic (exact) mass is 220 g/mol. The molecular formula is C10H8F4O. The molecule has 0 N–H and O–H groups in total. The van der Waals surface area contributed by atoms with Gasteiger partial charge in [0.25, 0.3) is 0 Å². The smallest absolute Gasteiger partial charge is 0.298 e. The summed E-state index contributed by atoms with van der Waals surface area (Å²) in [4.78, 5) is 10.4. The number of rotatable bonds is 2. The Morgan fingerprint density at radius 2 is 1.93 bits per heavy atom. The summed E-state index contributed by atoms with van der Waals surface area (Å²) in [6.07, 6.45) is -4.54. The first-order valence-electron chi connectivity index (χ1n) is 4.25. The summed E-state index contributed by atoms with van der Waals surface area (Å²) in [6.45, 7) is 1.61. The van der Waals surface area contributed by atoms with Crippen molar-refractivity contribution in [2.24, 2.45) is 0 Å². The molecule has 15 heavy (non-hydrogen) atoms. The van der Waals surface area contributed by atoms with Crippen molar-refractivity contribution in [3.8, 4) is 0 Å². The third-order valence-corrected chi connectivity index (χ3v) is 2.02. The molecule has 0 fully saturated rings. The molecule has 0 bridgehead atoms. The minimum absolute atomic E-state index is 0.113. The third-order valence-electron chi connectivity index (χ3n) is 2.02. The molecule has 0 aliphatic rings. The molecular weight excluding hydrogens is 212 g/mol. The van der Waals surface area contributed by atoms with Crippen LogP contribution in [0.1, 0.15) is 28.4 Å². The lowest BCUT2D eigenvalue weighted by molar-refractivity contribution is -0.138. The zero-order valence-electron chi connectivity index (χ0n) is 7.86. The van der Waals surface area contributed by atoms with Crippen LogP contribution < -0.4 is 0 Å². The highest BCUT2D eigenvalue weighted by Gasteiger charge is 2.34. The van der Waals surface area contributed by atoms with E-state index in [2.05, 4.69) is 0 Å². The standard InChI is InChI=1S/C10H8F4O/c1-2-6-3-8(10(12,13)14)7(5-15)9(11)4-6/h3-5H,2H2,1H3. The summed E-state index contributed by atoms with van der Waals surface area (Å²) in [5.41, 5.74) is -1.93. The van der Waals surface area contributed by atoms with E-state index in [1.54, 1.807) is 6.92 Å². The Bertz CT molecular complexity index is 382. The molecule has 0 saturated heterocycles. The molecule has 0 spiro atoms. The van der Waals surface area contributed by atoms with E-state index in [1.807, 2.05) is 0 Å². The molecule has 0 aromatic heterocycles. The molecule has 1 aromatic carbocycles. The van der Waals surface area contributed by atoms with Gasteiger partial charge in [0, 0.05) is 0 Å². The van der Waals surface area contributed by atoms with E-state index in [0.717, 1.165) is 12.1 Å². The molecule has 82 valence electrons. The van der Waals surface area contributed by atoms with E-state index >= 15 is 0 Å². The lowest BCUT2D eigenvalue weighted by Gasteiger charge is -2.11. The van der Waals surface area contributed by atoms with Crippen molar-refractivity contribution in [3.63, 3.8) is 0 Å². The topological polar surface area (TPSA) is 17.1 Å². The minimum atomic E-state index is -4.71. The van der Waals surface area contributed by atoms with Crippen LogP contribution in [0.2, 0.25) is 0 Å². The van der Waals surface area contributed by atoms with Crippen LogP contribution in [0.3, 0.4) is 0 Å². The summed E-state index contributed by atoms with van der Waals surface area (Å²) >= 11 is 0. The van der Waals surface area contributed by atoms with Gasteiger partial charge in [-0.2, -0.15) is 13.2 Å². The summed E-state index contributed by atoms with van der Waals surface area (Å²) in [6, 6.07) is 1.74. The summed E-state index contributed by atoms with van der Waals surface area (Å²) in [5, 5.41) is 0. The maximum absolute atomic E-state index is 13.1. The zero-order chi connectivity index (χ0) is 11.6. The summed E-state index contributed by atoms with van der Waals surface area (Å²) in [7, 11) is 0. The van der Waals surface area contributed by atoms with Crippen LogP contribution >= 0.6 is 0 Å². The van der Waals surface area contributed by atoms with Crippen molar-refractivity contribution in [2.75, 3.05) is 0 Å². The molecule has 0 radical (unpaired) electrons. The number of hydrogen-bond donors (Lipinski definition) is 0. The van der Waals surface area contributed by atoms with Crippen molar-refractivity contribution in [3.05, 3.63) is 34.6 Å². The first-order chi connectivity index (χ1) is 6.90. The molecule has 0 amide bonds. The van der Waals surface area contributed by atoms with Crippen molar-refractivity contribution in [2.45, 2.75) is 19.5 Å². The lowest BCUT2D eigenvalue weighted by Crippen LogP contribution is -2.11. The molecule has 0 aliphatic heterocycles. The number of alkyl halides is 3. The molecule has 0 atom stereocenters. The third kappa shape index (κ3) is 2.34. The highest BCUT2D eigenvalue weighted by molar-refractivity contribution is 5.78. The highest BCUT2D eigenvalue weighted by Crippen LogP contribution is 2.33. The van der Waals surface area contributed by atoms with E-state index < -0.39 is 23.1 Å². The Balaban J connectivity index is 3.46. The van der Waals surface area contributed by atoms with Gasteiger partial charge in [-0.3, -0.25) is 4.79 Å². The van der Waals surface area contributed by atoms with Gasteiger partial charge in [0.05, 0.1) is 11.1 Å². The second-order valence-corrected chi connectivity index (χ2v) is 3.01. The molecule has 5 heteroatoms. The predicted molar refractivity (Wildman–Crippen MR) is 46.2 cm³/mol. The highest BCUT2D eigenvalue weighted by atomic mass is 19.4. The van der Waals surface area contributed by atoms with Crippen molar-refractivity contribution >= 4 is 6.29 Å². The van der Waals surface area contributed by atoms with Gasteiger partial charge in [0.2, 0.25) is 0 Å². The van der Waals surface area contributed by atoms with Gasteiger partial charge in [-0.15, -0.1) is 0 Å². The Morgan fingerprint density at radius 3 is 2.33 bits per heavy atom. The molecule has 0 aliphatic carbocycles. The fourth-order valence-electron chi connectivity index (χ4n) is 1.23. The van der Waals surface area contributed by atoms with Gasteiger partial charge in [0.1, 0.15) is 5.82 Å². The van der Waals surface area contributed by atoms with Crippen LogP contribution in [0.25, 0.3) is 0 Å². The van der Waals surface area contributed by atoms with E-state index in [0.29, 0.717) is 0 Å². The SMILES string of the molecule is CCc1cc(F)c(C=O)c(C(F)(F)F)c1. The average molecular weight is 220 g/mol. The van der Waals surface area contributed by atoms with Crippen molar-refractivity contribution in [1.82, 2.24) is 0 Å². The number of aryl methyl sites for hydroxylation is 1. The van der Waals surface area contributed by atoms with E-state index in [9.17, 15) is 22.4 Å². The van der Waals surface area contributed by atoms with Crippen molar-refractivity contribution < 1.29 is 22.4 Å². The Kier molecular flexibility index (Phi) is 3.12. The molecule has 1 nitrogen and oxygen atoms in total. The predicted octanol–water partition coefficient (Wildman–Crippen LogP) is 3.22. The second kappa shape index (κ2) is 4.00. The van der Waals surface area contributed by atoms with Gasteiger partial charge >= 0.3 is 6.18 Å².